The average Bonchev–Trinajstić information content (AvgIpc) is 2.89. The van der Waals surface area contributed by atoms with Crippen LogP contribution in [0.4, 0.5) is 0 Å². The molecular weight excluding hydrogens is 226 g/mol. The molecule has 0 spiro atoms. The van der Waals surface area contributed by atoms with E-state index in [9.17, 15) is 13.2 Å². The Hall–Kier alpha value is -0.420. The van der Waals surface area contributed by atoms with Crippen molar-refractivity contribution in [3.8, 4) is 0 Å². The van der Waals surface area contributed by atoms with Crippen LogP contribution in [0.3, 0.4) is 0 Å². The molecule has 0 aromatic carbocycles. The number of hydrogen-bond acceptors (Lipinski definition) is 3. The van der Waals surface area contributed by atoms with Crippen molar-refractivity contribution in [2.75, 3.05) is 13.1 Å². The molecule has 16 heavy (non-hydrogen) atoms. The van der Waals surface area contributed by atoms with Gasteiger partial charge in [-0.05, 0) is 32.6 Å². The Labute approximate surface area is 97.1 Å². The zero-order valence-corrected chi connectivity index (χ0v) is 10.5. The Morgan fingerprint density at radius 1 is 1.12 bits per heavy atom. The van der Waals surface area contributed by atoms with Gasteiger partial charge in [0.1, 0.15) is 5.78 Å². The molecule has 92 valence electrons. The largest absolute Gasteiger partial charge is 0.300 e. The number of ketones is 1. The first-order valence-corrected chi connectivity index (χ1v) is 7.53. The summed E-state index contributed by atoms with van der Waals surface area (Å²) in [4.78, 5) is 11.4. The summed E-state index contributed by atoms with van der Waals surface area (Å²) in [6.45, 7) is 2.80. The molecule has 2 rings (SSSR count). The van der Waals surface area contributed by atoms with Gasteiger partial charge in [-0.1, -0.05) is 6.42 Å². The summed E-state index contributed by atoms with van der Waals surface area (Å²) in [5.74, 6) is -0.226. The number of nitrogens with zero attached hydrogens (tertiary/aromatic N) is 1. The summed E-state index contributed by atoms with van der Waals surface area (Å²) in [6.07, 6.45) is 4.17. The zero-order chi connectivity index (χ0) is 11.8. The molecular formula is C11H19NO3S. The molecule has 0 bridgehead atoms. The lowest BCUT2D eigenvalue weighted by atomic mass is 10.0. The second kappa shape index (κ2) is 4.45. The van der Waals surface area contributed by atoms with Gasteiger partial charge in [0, 0.05) is 19.0 Å². The fraction of sp³-hybridized carbons (Fsp3) is 0.909. The maximum absolute atomic E-state index is 12.3. The van der Waals surface area contributed by atoms with Crippen LogP contribution >= 0.6 is 0 Å². The van der Waals surface area contributed by atoms with Gasteiger partial charge in [-0.15, -0.1) is 0 Å². The van der Waals surface area contributed by atoms with E-state index in [1.165, 1.54) is 6.92 Å². The lowest BCUT2D eigenvalue weighted by Gasteiger charge is -2.24. The first-order chi connectivity index (χ1) is 7.53. The van der Waals surface area contributed by atoms with Crippen molar-refractivity contribution in [1.29, 1.82) is 0 Å². The third-order valence-corrected chi connectivity index (χ3v) is 6.20. The van der Waals surface area contributed by atoms with E-state index in [1.807, 2.05) is 0 Å². The van der Waals surface area contributed by atoms with E-state index in [1.54, 1.807) is 4.31 Å². The van der Waals surface area contributed by atoms with E-state index in [-0.39, 0.29) is 11.7 Å². The molecule has 1 aliphatic heterocycles. The maximum Gasteiger partial charge on any atom is 0.217 e. The van der Waals surface area contributed by atoms with Crippen molar-refractivity contribution in [3.05, 3.63) is 0 Å². The van der Waals surface area contributed by atoms with Crippen LogP contribution in [0, 0.1) is 5.92 Å². The minimum absolute atomic E-state index is 0.0327. The maximum atomic E-state index is 12.3. The molecule has 1 aliphatic carbocycles. The van der Waals surface area contributed by atoms with Crippen molar-refractivity contribution in [2.24, 2.45) is 5.92 Å². The monoisotopic (exact) mass is 245 g/mol. The van der Waals surface area contributed by atoms with E-state index in [2.05, 4.69) is 0 Å². The standard InChI is InChI=1S/C11H19NO3S/c1-9(13)10-5-4-6-11(10)16(14,15)12-7-2-3-8-12/h10-11H,2-8H2,1H3. The van der Waals surface area contributed by atoms with Gasteiger partial charge in [-0.25, -0.2) is 12.7 Å². The van der Waals surface area contributed by atoms with Gasteiger partial charge in [-0.3, -0.25) is 4.79 Å². The molecule has 0 aromatic rings. The van der Waals surface area contributed by atoms with E-state index in [4.69, 9.17) is 0 Å². The molecule has 1 saturated carbocycles. The lowest BCUT2D eigenvalue weighted by molar-refractivity contribution is -0.120. The Balaban J connectivity index is 2.19. The quantitative estimate of drug-likeness (QED) is 0.750. The summed E-state index contributed by atoms with van der Waals surface area (Å²) < 4.78 is 26.2. The molecule has 2 atom stereocenters. The number of Topliss-reactive ketones (excluding diaryl/α,β-unsaturated/α-hetero) is 1. The van der Waals surface area contributed by atoms with E-state index in [0.717, 1.165) is 25.7 Å². The molecule has 0 amide bonds. The second-order valence-electron chi connectivity index (χ2n) is 4.84. The molecule has 0 radical (unpaired) electrons. The highest BCUT2D eigenvalue weighted by atomic mass is 32.2. The fourth-order valence-corrected chi connectivity index (χ4v) is 5.24. The minimum Gasteiger partial charge on any atom is -0.300 e. The van der Waals surface area contributed by atoms with Crippen LogP contribution < -0.4 is 0 Å². The van der Waals surface area contributed by atoms with Gasteiger partial charge < -0.3 is 0 Å². The third kappa shape index (κ3) is 2.02. The van der Waals surface area contributed by atoms with Crippen LogP contribution in [-0.2, 0) is 14.8 Å². The predicted octanol–water partition coefficient (Wildman–Crippen LogP) is 1.17. The van der Waals surface area contributed by atoms with Crippen molar-refractivity contribution < 1.29 is 13.2 Å². The fourth-order valence-electron chi connectivity index (χ4n) is 2.88. The Kier molecular flexibility index (Phi) is 3.35. The second-order valence-corrected chi connectivity index (χ2v) is 6.99. The zero-order valence-electron chi connectivity index (χ0n) is 9.68. The number of sulfonamides is 1. The predicted molar refractivity (Wildman–Crippen MR) is 61.5 cm³/mol. The van der Waals surface area contributed by atoms with Crippen LogP contribution in [-0.4, -0.2) is 36.8 Å². The first kappa shape index (κ1) is 12.0. The normalized spacial score (nSPS) is 32.1. The van der Waals surface area contributed by atoms with Crippen LogP contribution in [0.15, 0.2) is 0 Å². The Bertz CT molecular complexity index is 371. The van der Waals surface area contributed by atoms with Crippen LogP contribution in [0.25, 0.3) is 0 Å². The van der Waals surface area contributed by atoms with Crippen molar-refractivity contribution >= 4 is 15.8 Å². The number of hydrogen-bond donors (Lipinski definition) is 0. The summed E-state index contributed by atoms with van der Waals surface area (Å²) >= 11 is 0. The Morgan fingerprint density at radius 2 is 1.75 bits per heavy atom. The Morgan fingerprint density at radius 3 is 2.31 bits per heavy atom. The van der Waals surface area contributed by atoms with Crippen molar-refractivity contribution in [2.45, 2.75) is 44.3 Å². The number of rotatable bonds is 3. The van der Waals surface area contributed by atoms with Gasteiger partial charge in [0.15, 0.2) is 0 Å². The van der Waals surface area contributed by atoms with E-state index < -0.39 is 15.3 Å². The SMILES string of the molecule is CC(=O)C1CCCC1S(=O)(=O)N1CCCC1. The summed E-state index contributed by atoms with van der Waals surface area (Å²) in [5, 5.41) is -0.442. The van der Waals surface area contributed by atoms with Crippen molar-refractivity contribution in [1.82, 2.24) is 4.31 Å². The molecule has 2 unspecified atom stereocenters. The molecule has 5 heteroatoms. The lowest BCUT2D eigenvalue weighted by Crippen LogP contribution is -2.40. The molecule has 2 fully saturated rings. The van der Waals surface area contributed by atoms with Gasteiger partial charge in [0.2, 0.25) is 10.0 Å². The molecule has 2 aliphatic rings. The van der Waals surface area contributed by atoms with Gasteiger partial charge in [-0.2, -0.15) is 0 Å². The van der Waals surface area contributed by atoms with Gasteiger partial charge >= 0.3 is 0 Å². The first-order valence-electron chi connectivity index (χ1n) is 6.03. The van der Waals surface area contributed by atoms with Crippen LogP contribution in [0.5, 0.6) is 0 Å². The number of carbonyl (C=O) groups excluding carboxylic acids is 1. The molecule has 0 N–H and O–H groups in total. The van der Waals surface area contributed by atoms with E-state index >= 15 is 0 Å². The number of carbonyl (C=O) groups is 1. The van der Waals surface area contributed by atoms with Gasteiger partial charge in [0.25, 0.3) is 0 Å². The molecule has 1 heterocycles. The molecule has 4 nitrogen and oxygen atoms in total. The van der Waals surface area contributed by atoms with Gasteiger partial charge in [0.05, 0.1) is 5.25 Å². The average molecular weight is 245 g/mol. The summed E-state index contributed by atoms with van der Waals surface area (Å²) in [6, 6.07) is 0. The topological polar surface area (TPSA) is 54.5 Å². The minimum atomic E-state index is -3.22. The summed E-state index contributed by atoms with van der Waals surface area (Å²) in [7, 11) is -3.22. The molecule has 0 aromatic heterocycles. The smallest absolute Gasteiger partial charge is 0.217 e. The summed E-state index contributed by atoms with van der Waals surface area (Å²) in [5.41, 5.74) is 0. The van der Waals surface area contributed by atoms with E-state index in [0.29, 0.717) is 19.5 Å². The highest BCUT2D eigenvalue weighted by Crippen LogP contribution is 2.34. The highest BCUT2D eigenvalue weighted by Gasteiger charge is 2.43. The highest BCUT2D eigenvalue weighted by molar-refractivity contribution is 7.89. The van der Waals surface area contributed by atoms with Crippen LogP contribution in [0.2, 0.25) is 0 Å². The molecule has 1 saturated heterocycles. The third-order valence-electron chi connectivity index (χ3n) is 3.78. The van der Waals surface area contributed by atoms with Crippen LogP contribution in [0.1, 0.15) is 39.0 Å². The van der Waals surface area contributed by atoms with Crippen molar-refractivity contribution in [3.63, 3.8) is 0 Å².